The Balaban J connectivity index is 1.03. The van der Waals surface area contributed by atoms with E-state index in [1.165, 1.54) is 56.9 Å². The Labute approximate surface area is 346 Å². The van der Waals surface area contributed by atoms with Gasteiger partial charge in [0, 0.05) is 6.42 Å². The van der Waals surface area contributed by atoms with E-state index in [9.17, 15) is 4.79 Å². The number of hydrogen-bond acceptors (Lipinski definition) is 3. The van der Waals surface area contributed by atoms with Crippen molar-refractivity contribution in [1.82, 2.24) is 0 Å². The SMILES string of the molecule is CCc1ccc(OCCC/C(=C/c2ccccc2)c2c(C)cccc2C(=O)O[C@H]2CC[C@@]3(C)C(=CC[C@H]4[C@@H]5CC[C@H]([C@H](C)CCCC(C)C)[C@@]5(C)CC[C@@H]43)C2)cc1. The van der Waals surface area contributed by atoms with Crippen LogP contribution in [0.2, 0.25) is 0 Å². The average Bonchev–Trinajstić information content (AvgIpc) is 3.57. The molecule has 0 spiro atoms. The Morgan fingerprint density at radius 1 is 0.860 bits per heavy atom. The summed E-state index contributed by atoms with van der Waals surface area (Å²) in [6.45, 7) is 17.5. The third kappa shape index (κ3) is 9.04. The molecule has 4 aliphatic rings. The highest BCUT2D eigenvalue weighted by atomic mass is 16.5. The Bertz CT molecular complexity index is 1870. The molecule has 3 aromatic carbocycles. The monoisotopic (exact) mass is 769 g/mol. The highest BCUT2D eigenvalue weighted by Gasteiger charge is 2.59. The van der Waals surface area contributed by atoms with Gasteiger partial charge >= 0.3 is 5.97 Å². The Kier molecular flexibility index (Phi) is 13.2. The molecule has 3 nitrogen and oxygen atoms in total. The van der Waals surface area contributed by atoms with Crippen molar-refractivity contribution in [1.29, 1.82) is 0 Å². The van der Waals surface area contributed by atoms with Crippen molar-refractivity contribution in [2.24, 2.45) is 46.3 Å². The van der Waals surface area contributed by atoms with Gasteiger partial charge in [-0.15, -0.1) is 0 Å². The minimum Gasteiger partial charge on any atom is -0.494 e. The van der Waals surface area contributed by atoms with Gasteiger partial charge in [-0.1, -0.05) is 133 Å². The number of hydrogen-bond donors (Lipinski definition) is 0. The van der Waals surface area contributed by atoms with E-state index in [0.29, 0.717) is 17.6 Å². The third-order valence-corrected chi connectivity index (χ3v) is 15.7. The zero-order valence-corrected chi connectivity index (χ0v) is 36.5. The van der Waals surface area contributed by atoms with Crippen LogP contribution in [-0.2, 0) is 11.2 Å². The largest absolute Gasteiger partial charge is 0.494 e. The minimum atomic E-state index is -0.184. The van der Waals surface area contributed by atoms with Gasteiger partial charge in [0.15, 0.2) is 0 Å². The maximum absolute atomic E-state index is 14.3. The quantitative estimate of drug-likeness (QED) is 0.0668. The molecule has 0 saturated heterocycles. The molecule has 7 rings (SSSR count). The van der Waals surface area contributed by atoms with E-state index in [0.717, 1.165) is 102 Å². The van der Waals surface area contributed by atoms with Gasteiger partial charge < -0.3 is 9.47 Å². The summed E-state index contributed by atoms with van der Waals surface area (Å²) in [5.74, 6) is 5.68. The molecule has 57 heavy (non-hydrogen) atoms. The van der Waals surface area contributed by atoms with Crippen LogP contribution in [-0.4, -0.2) is 18.7 Å². The molecule has 0 aliphatic heterocycles. The minimum absolute atomic E-state index is 0.0767. The van der Waals surface area contributed by atoms with Crippen LogP contribution >= 0.6 is 0 Å². The number of esters is 1. The molecule has 0 unspecified atom stereocenters. The molecule has 0 N–H and O–H groups in total. The summed E-state index contributed by atoms with van der Waals surface area (Å²) in [6.07, 6.45) is 21.4. The van der Waals surface area contributed by atoms with Crippen LogP contribution in [0.5, 0.6) is 5.75 Å². The summed E-state index contributed by atoms with van der Waals surface area (Å²) in [6, 6.07) is 25.0. The molecule has 8 atom stereocenters. The lowest BCUT2D eigenvalue weighted by Crippen LogP contribution is -2.51. The number of ether oxygens (including phenoxy) is 2. The first-order valence-electron chi connectivity index (χ1n) is 23.0. The zero-order valence-electron chi connectivity index (χ0n) is 36.5. The second-order valence-corrected chi connectivity index (χ2v) is 19.6. The van der Waals surface area contributed by atoms with Crippen molar-refractivity contribution in [3.8, 4) is 5.75 Å². The van der Waals surface area contributed by atoms with Crippen molar-refractivity contribution in [3.05, 3.63) is 112 Å². The molecular weight excluding hydrogens is 697 g/mol. The summed E-state index contributed by atoms with van der Waals surface area (Å²) < 4.78 is 12.7. The molecule has 0 bridgehead atoms. The number of carbonyl (C=O) groups is 1. The summed E-state index contributed by atoms with van der Waals surface area (Å²) in [5, 5.41) is 0. The number of carbonyl (C=O) groups excluding carboxylic acids is 1. The van der Waals surface area contributed by atoms with E-state index in [1.54, 1.807) is 5.57 Å². The number of fused-ring (bicyclic) bond motifs is 5. The first-order chi connectivity index (χ1) is 27.5. The van der Waals surface area contributed by atoms with Crippen LogP contribution in [0.3, 0.4) is 0 Å². The summed E-state index contributed by atoms with van der Waals surface area (Å²) in [7, 11) is 0. The lowest BCUT2D eigenvalue weighted by atomic mass is 9.47. The van der Waals surface area contributed by atoms with Gasteiger partial charge in [0.25, 0.3) is 0 Å². The molecule has 3 heteroatoms. The normalized spacial score (nSPS) is 28.9. The maximum atomic E-state index is 14.3. The van der Waals surface area contributed by atoms with E-state index in [-0.39, 0.29) is 17.5 Å². The predicted octanol–water partition coefficient (Wildman–Crippen LogP) is 14.5. The molecular formula is C54H72O3. The Morgan fingerprint density at radius 2 is 1.65 bits per heavy atom. The van der Waals surface area contributed by atoms with E-state index < -0.39 is 0 Å². The van der Waals surface area contributed by atoms with Gasteiger partial charge in [-0.05, 0) is 163 Å². The molecule has 3 aromatic rings. The van der Waals surface area contributed by atoms with Crippen molar-refractivity contribution in [2.45, 2.75) is 144 Å². The van der Waals surface area contributed by atoms with Crippen LogP contribution in [0, 0.1) is 53.3 Å². The molecule has 4 aliphatic carbocycles. The van der Waals surface area contributed by atoms with Crippen LogP contribution in [0.15, 0.2) is 84.4 Å². The average molecular weight is 769 g/mol. The van der Waals surface area contributed by atoms with Crippen molar-refractivity contribution in [3.63, 3.8) is 0 Å². The van der Waals surface area contributed by atoms with Crippen LogP contribution < -0.4 is 4.74 Å². The molecule has 0 aromatic heterocycles. The van der Waals surface area contributed by atoms with Gasteiger partial charge in [0.05, 0.1) is 12.2 Å². The first kappa shape index (κ1) is 41.6. The van der Waals surface area contributed by atoms with Crippen molar-refractivity contribution < 1.29 is 14.3 Å². The lowest BCUT2D eigenvalue weighted by molar-refractivity contribution is -0.0594. The van der Waals surface area contributed by atoms with E-state index in [1.807, 2.05) is 12.1 Å². The molecule has 0 heterocycles. The fraction of sp³-hybridized carbons (Fsp3) is 0.574. The first-order valence-corrected chi connectivity index (χ1v) is 23.0. The van der Waals surface area contributed by atoms with Crippen LogP contribution in [0.4, 0.5) is 0 Å². The fourth-order valence-electron chi connectivity index (χ4n) is 12.5. The van der Waals surface area contributed by atoms with Gasteiger partial charge in [0.2, 0.25) is 0 Å². The number of aryl methyl sites for hydroxylation is 2. The number of benzene rings is 3. The molecule has 3 fully saturated rings. The second-order valence-electron chi connectivity index (χ2n) is 19.6. The highest BCUT2D eigenvalue weighted by Crippen LogP contribution is 2.67. The maximum Gasteiger partial charge on any atom is 0.339 e. The number of allylic oxidation sites excluding steroid dienone is 2. The van der Waals surface area contributed by atoms with E-state index in [4.69, 9.17) is 9.47 Å². The molecule has 0 radical (unpaired) electrons. The Hall–Kier alpha value is -3.59. The van der Waals surface area contributed by atoms with Gasteiger partial charge in [0.1, 0.15) is 11.9 Å². The smallest absolute Gasteiger partial charge is 0.339 e. The summed E-state index contributed by atoms with van der Waals surface area (Å²) in [4.78, 5) is 14.3. The second kappa shape index (κ2) is 18.1. The summed E-state index contributed by atoms with van der Waals surface area (Å²) >= 11 is 0. The van der Waals surface area contributed by atoms with Gasteiger partial charge in [-0.2, -0.15) is 0 Å². The highest BCUT2D eigenvalue weighted by molar-refractivity contribution is 5.98. The lowest BCUT2D eigenvalue weighted by Gasteiger charge is -2.58. The van der Waals surface area contributed by atoms with Crippen LogP contribution in [0.25, 0.3) is 11.6 Å². The van der Waals surface area contributed by atoms with Gasteiger partial charge in [-0.25, -0.2) is 4.79 Å². The molecule has 306 valence electrons. The van der Waals surface area contributed by atoms with Crippen molar-refractivity contribution >= 4 is 17.6 Å². The van der Waals surface area contributed by atoms with Crippen molar-refractivity contribution in [2.75, 3.05) is 6.61 Å². The molecule has 0 amide bonds. The standard InChI is InChI=1S/C54H72O3/c1-8-40-22-25-44(26-23-40)56-34-14-20-42(35-41-18-10-9-11-19-41)51-39(5)17-13-21-47(51)52(55)57-45-30-32-53(6)43(36-45)24-27-46-49-29-28-48(38(4)16-12-15-37(2)3)54(49,7)33-31-50(46)53/h9-11,13,17-19,21-26,35,37-38,45-46,48-50H,8,12,14-16,20,27-34,36H2,1-7H3/b42-35-/t38-,45+,46+,48-,49+,50+,53+,54-/m1/s1. The fourth-order valence-corrected chi connectivity index (χ4v) is 12.5. The van der Waals surface area contributed by atoms with E-state index >= 15 is 0 Å². The van der Waals surface area contributed by atoms with Gasteiger partial charge in [-0.3, -0.25) is 0 Å². The third-order valence-electron chi connectivity index (χ3n) is 15.7. The topological polar surface area (TPSA) is 35.5 Å². The Morgan fingerprint density at radius 3 is 2.40 bits per heavy atom. The number of rotatable bonds is 15. The zero-order chi connectivity index (χ0) is 40.2. The van der Waals surface area contributed by atoms with E-state index in [2.05, 4.69) is 121 Å². The molecule has 3 saturated carbocycles. The predicted molar refractivity (Wildman–Crippen MR) is 238 cm³/mol. The van der Waals surface area contributed by atoms with Crippen LogP contribution in [0.1, 0.15) is 158 Å². The summed E-state index contributed by atoms with van der Waals surface area (Å²) in [5.41, 5.74) is 8.69.